The Hall–Kier alpha value is -1.93. The molecule has 0 spiro atoms. The number of hydrogen-bond acceptors (Lipinski definition) is 6. The van der Waals surface area contributed by atoms with Crippen molar-refractivity contribution < 1.29 is 32.0 Å². The minimum absolute atomic E-state index is 0.101. The van der Waals surface area contributed by atoms with Crippen molar-refractivity contribution in [3.05, 3.63) is 29.3 Å². The molecule has 0 aliphatic carbocycles. The predicted molar refractivity (Wildman–Crippen MR) is 105 cm³/mol. The smallest absolute Gasteiger partial charge is 0.340 e. The Labute approximate surface area is 167 Å². The number of rotatable bonds is 13. The predicted octanol–water partition coefficient (Wildman–Crippen LogP) is 4.41. The third-order valence-corrected chi connectivity index (χ3v) is 5.09. The van der Waals surface area contributed by atoms with Gasteiger partial charge in [0, 0.05) is 0 Å². The average Bonchev–Trinajstić information content (AvgIpc) is 2.66. The molecule has 1 rings (SSSR count). The molecule has 0 saturated heterocycles. The topological polar surface area (TPSA) is 107 Å². The number of hydrogen-bond donors (Lipinski definition) is 1. The number of esters is 2. The largest absolute Gasteiger partial charge is 0.462 e. The van der Waals surface area contributed by atoms with Crippen LogP contribution in [0.15, 0.2) is 23.1 Å². The maximum absolute atomic E-state index is 12.5. The molecule has 1 aromatic carbocycles. The van der Waals surface area contributed by atoms with Gasteiger partial charge in [0.1, 0.15) is 4.90 Å². The molecule has 0 heterocycles. The van der Waals surface area contributed by atoms with E-state index in [4.69, 9.17) is 9.47 Å². The number of ether oxygens (including phenoxy) is 2. The lowest BCUT2D eigenvalue weighted by molar-refractivity contribution is 0.0446. The standard InChI is InChI=1S/C20H30O7S/c1-3-5-7-9-14-26-19(21)16-12-11-13-17(28(23,24)25)18(16)20(22)27-15-10-8-6-4-2/h11-13H,3-10,14-15H2,1-2H3,(H,23,24,25). The van der Waals surface area contributed by atoms with Gasteiger partial charge in [-0.1, -0.05) is 58.4 Å². The lowest BCUT2D eigenvalue weighted by atomic mass is 10.1. The van der Waals surface area contributed by atoms with Gasteiger partial charge < -0.3 is 9.47 Å². The van der Waals surface area contributed by atoms with E-state index in [0.29, 0.717) is 12.8 Å². The van der Waals surface area contributed by atoms with Crippen molar-refractivity contribution in [1.82, 2.24) is 0 Å². The number of unbranched alkanes of at least 4 members (excludes halogenated alkanes) is 6. The van der Waals surface area contributed by atoms with Gasteiger partial charge in [-0.05, 0) is 25.0 Å². The van der Waals surface area contributed by atoms with E-state index in [1.165, 1.54) is 12.1 Å². The van der Waals surface area contributed by atoms with Crippen molar-refractivity contribution >= 4 is 22.1 Å². The van der Waals surface area contributed by atoms with Crippen molar-refractivity contribution in [3.63, 3.8) is 0 Å². The molecule has 158 valence electrons. The molecule has 0 amide bonds. The van der Waals surface area contributed by atoms with Crippen LogP contribution in [-0.2, 0) is 19.6 Å². The van der Waals surface area contributed by atoms with Crippen molar-refractivity contribution in [2.45, 2.75) is 70.1 Å². The van der Waals surface area contributed by atoms with E-state index in [-0.39, 0.29) is 18.8 Å². The summed E-state index contributed by atoms with van der Waals surface area (Å²) in [5, 5.41) is 0. The molecule has 0 aliphatic heterocycles. The fraction of sp³-hybridized carbons (Fsp3) is 0.600. The third-order valence-electron chi connectivity index (χ3n) is 4.19. The fourth-order valence-electron chi connectivity index (χ4n) is 2.66. The summed E-state index contributed by atoms with van der Waals surface area (Å²) in [6, 6.07) is 3.62. The van der Waals surface area contributed by atoms with E-state index < -0.39 is 32.5 Å². The monoisotopic (exact) mass is 414 g/mol. The maximum atomic E-state index is 12.5. The molecule has 0 fully saturated rings. The summed E-state index contributed by atoms with van der Waals surface area (Å²) in [6.07, 6.45) is 7.16. The van der Waals surface area contributed by atoms with Crippen molar-refractivity contribution in [1.29, 1.82) is 0 Å². The highest BCUT2D eigenvalue weighted by Crippen LogP contribution is 2.22. The van der Waals surface area contributed by atoms with Crippen LogP contribution in [0.4, 0.5) is 0 Å². The highest BCUT2D eigenvalue weighted by atomic mass is 32.2. The van der Waals surface area contributed by atoms with Crippen LogP contribution in [0.25, 0.3) is 0 Å². The summed E-state index contributed by atoms with van der Waals surface area (Å²) in [6.45, 7) is 4.38. The molecule has 0 atom stereocenters. The lowest BCUT2D eigenvalue weighted by Crippen LogP contribution is -2.19. The van der Waals surface area contributed by atoms with Crippen LogP contribution in [0.1, 0.15) is 85.9 Å². The molecule has 0 unspecified atom stereocenters. The Morgan fingerprint density at radius 1 is 0.857 bits per heavy atom. The van der Waals surface area contributed by atoms with E-state index in [0.717, 1.165) is 44.6 Å². The zero-order chi connectivity index (χ0) is 21.0. The summed E-state index contributed by atoms with van der Waals surface area (Å²) in [5.41, 5.74) is -0.719. The Morgan fingerprint density at radius 3 is 1.89 bits per heavy atom. The Kier molecular flexibility index (Phi) is 10.8. The first-order valence-electron chi connectivity index (χ1n) is 9.77. The number of benzene rings is 1. The molecule has 0 aromatic heterocycles. The molecule has 0 radical (unpaired) electrons. The molecule has 0 bridgehead atoms. The first-order valence-corrected chi connectivity index (χ1v) is 11.2. The molecule has 7 nitrogen and oxygen atoms in total. The second-order valence-corrected chi connectivity index (χ2v) is 7.94. The van der Waals surface area contributed by atoms with Gasteiger partial charge in [-0.2, -0.15) is 8.42 Å². The maximum Gasteiger partial charge on any atom is 0.340 e. The van der Waals surface area contributed by atoms with Gasteiger partial charge >= 0.3 is 11.9 Å². The van der Waals surface area contributed by atoms with E-state index in [2.05, 4.69) is 13.8 Å². The van der Waals surface area contributed by atoms with Gasteiger partial charge in [0.05, 0.1) is 24.3 Å². The first-order chi connectivity index (χ1) is 13.3. The van der Waals surface area contributed by atoms with Crippen LogP contribution in [0, 0.1) is 0 Å². The lowest BCUT2D eigenvalue weighted by Gasteiger charge is -2.12. The third kappa shape index (κ3) is 7.98. The summed E-state index contributed by atoms with van der Waals surface area (Å²) in [7, 11) is -4.71. The van der Waals surface area contributed by atoms with Gasteiger partial charge in [0.2, 0.25) is 0 Å². The Morgan fingerprint density at radius 2 is 1.39 bits per heavy atom. The van der Waals surface area contributed by atoms with Gasteiger partial charge in [-0.25, -0.2) is 9.59 Å². The van der Waals surface area contributed by atoms with E-state index in [1.54, 1.807) is 0 Å². The molecule has 0 saturated carbocycles. The zero-order valence-corrected chi connectivity index (χ0v) is 17.4. The van der Waals surface area contributed by atoms with Crippen LogP contribution in [0.2, 0.25) is 0 Å². The summed E-state index contributed by atoms with van der Waals surface area (Å²) >= 11 is 0. The molecule has 1 N–H and O–H groups in total. The van der Waals surface area contributed by atoms with Gasteiger partial charge in [-0.3, -0.25) is 4.55 Å². The minimum Gasteiger partial charge on any atom is -0.462 e. The molecular weight excluding hydrogens is 384 g/mol. The van der Waals surface area contributed by atoms with Crippen molar-refractivity contribution in [2.24, 2.45) is 0 Å². The van der Waals surface area contributed by atoms with Gasteiger partial charge in [0.25, 0.3) is 10.1 Å². The van der Waals surface area contributed by atoms with Crippen LogP contribution in [-0.4, -0.2) is 38.1 Å². The van der Waals surface area contributed by atoms with Crippen LogP contribution >= 0.6 is 0 Å². The molecule has 28 heavy (non-hydrogen) atoms. The molecule has 0 aliphatic rings. The SMILES string of the molecule is CCCCCCOC(=O)c1cccc(S(=O)(=O)O)c1C(=O)OCCCCCC. The normalized spacial score (nSPS) is 11.2. The Balaban J connectivity index is 2.97. The van der Waals surface area contributed by atoms with E-state index >= 15 is 0 Å². The average molecular weight is 415 g/mol. The number of carbonyl (C=O) groups is 2. The first kappa shape index (κ1) is 24.1. The fourth-order valence-corrected chi connectivity index (χ4v) is 3.37. The second kappa shape index (κ2) is 12.5. The van der Waals surface area contributed by atoms with Gasteiger partial charge in [-0.15, -0.1) is 0 Å². The minimum atomic E-state index is -4.71. The highest BCUT2D eigenvalue weighted by molar-refractivity contribution is 7.86. The molecule has 1 aromatic rings. The summed E-state index contributed by atoms with van der Waals surface area (Å²) < 4.78 is 43.1. The number of carbonyl (C=O) groups excluding carboxylic acids is 2. The summed E-state index contributed by atoms with van der Waals surface area (Å²) in [4.78, 5) is 24.2. The van der Waals surface area contributed by atoms with Crippen LogP contribution in [0.5, 0.6) is 0 Å². The van der Waals surface area contributed by atoms with E-state index in [1.807, 2.05) is 0 Å². The van der Waals surface area contributed by atoms with Gasteiger partial charge in [0.15, 0.2) is 0 Å². The summed E-state index contributed by atoms with van der Waals surface area (Å²) in [5.74, 6) is -1.79. The van der Waals surface area contributed by atoms with Crippen molar-refractivity contribution in [3.8, 4) is 0 Å². The zero-order valence-electron chi connectivity index (χ0n) is 16.6. The second-order valence-electron chi connectivity index (χ2n) is 6.55. The van der Waals surface area contributed by atoms with E-state index in [9.17, 15) is 22.6 Å². The quantitative estimate of drug-likeness (QED) is 0.289. The molecule has 8 heteroatoms. The Bertz CT molecular complexity index is 741. The highest BCUT2D eigenvalue weighted by Gasteiger charge is 2.28. The molecular formula is C20H30O7S. The van der Waals surface area contributed by atoms with Crippen LogP contribution < -0.4 is 0 Å². The van der Waals surface area contributed by atoms with Crippen LogP contribution in [0.3, 0.4) is 0 Å². The van der Waals surface area contributed by atoms with Crippen molar-refractivity contribution in [2.75, 3.05) is 13.2 Å².